The summed E-state index contributed by atoms with van der Waals surface area (Å²) in [5.74, 6) is 0.114. The number of nitrogens with one attached hydrogen (secondary N) is 1. The van der Waals surface area contributed by atoms with Crippen LogP contribution >= 0.6 is 15.9 Å². The van der Waals surface area contributed by atoms with Crippen molar-refractivity contribution in [2.24, 2.45) is 0 Å². The van der Waals surface area contributed by atoms with Gasteiger partial charge in [0.1, 0.15) is 12.3 Å². The Kier molecular flexibility index (Phi) is 6.79. The first-order valence-electron chi connectivity index (χ1n) is 9.08. The van der Waals surface area contributed by atoms with Crippen molar-refractivity contribution >= 4 is 43.2 Å². The average Bonchev–Trinajstić information content (AvgIpc) is 2.72. The number of benzene rings is 3. The molecular weight excluding hydrogens is 468 g/mol. The van der Waals surface area contributed by atoms with Gasteiger partial charge in [-0.3, -0.25) is 9.10 Å². The zero-order chi connectivity index (χ0) is 21.7. The van der Waals surface area contributed by atoms with Crippen LogP contribution in [0.2, 0.25) is 0 Å². The summed E-state index contributed by atoms with van der Waals surface area (Å²) in [5, 5.41) is 2.73. The fourth-order valence-corrected chi connectivity index (χ4v) is 4.62. The van der Waals surface area contributed by atoms with Crippen LogP contribution in [0.1, 0.15) is 5.56 Å². The summed E-state index contributed by atoms with van der Waals surface area (Å²) in [6.45, 7) is 1.49. The van der Waals surface area contributed by atoms with E-state index in [1.807, 2.05) is 6.92 Å². The van der Waals surface area contributed by atoms with Gasteiger partial charge >= 0.3 is 0 Å². The summed E-state index contributed by atoms with van der Waals surface area (Å²) < 4.78 is 33.7. The van der Waals surface area contributed by atoms with E-state index >= 15 is 0 Å². The molecule has 6 nitrogen and oxygen atoms in total. The maximum atomic E-state index is 13.4. The highest BCUT2D eigenvalue weighted by Gasteiger charge is 2.27. The van der Waals surface area contributed by atoms with Crippen molar-refractivity contribution in [1.29, 1.82) is 0 Å². The molecule has 8 heteroatoms. The second kappa shape index (κ2) is 9.32. The molecule has 1 N–H and O–H groups in total. The van der Waals surface area contributed by atoms with Crippen molar-refractivity contribution in [2.75, 3.05) is 23.3 Å². The Balaban J connectivity index is 1.93. The van der Waals surface area contributed by atoms with Crippen LogP contribution in [0.4, 0.5) is 11.4 Å². The van der Waals surface area contributed by atoms with E-state index < -0.39 is 15.9 Å². The molecule has 3 aromatic rings. The molecule has 0 aromatic heterocycles. The molecule has 1 amide bonds. The number of rotatable bonds is 7. The Morgan fingerprint density at radius 3 is 2.40 bits per heavy atom. The molecule has 0 aliphatic heterocycles. The van der Waals surface area contributed by atoms with Gasteiger partial charge in [-0.15, -0.1) is 0 Å². The topological polar surface area (TPSA) is 75.7 Å². The van der Waals surface area contributed by atoms with Gasteiger partial charge in [0.05, 0.1) is 17.7 Å². The second-order valence-corrected chi connectivity index (χ2v) is 9.36. The molecule has 0 saturated carbocycles. The van der Waals surface area contributed by atoms with Crippen molar-refractivity contribution in [3.8, 4) is 5.75 Å². The molecule has 0 aliphatic carbocycles. The Labute approximate surface area is 184 Å². The highest BCUT2D eigenvalue weighted by Crippen LogP contribution is 2.27. The lowest BCUT2D eigenvalue weighted by Gasteiger charge is -2.24. The summed E-state index contributed by atoms with van der Waals surface area (Å²) in [5.41, 5.74) is 1.84. The molecular formula is C22H21BrN2O4S. The summed E-state index contributed by atoms with van der Waals surface area (Å²) in [6.07, 6.45) is 0. The fourth-order valence-electron chi connectivity index (χ4n) is 2.82. The largest absolute Gasteiger partial charge is 0.497 e. The SMILES string of the molecule is COc1cccc(NC(=O)CN(c2cccc(Br)c2)S(=O)(=O)c2ccc(C)cc2)c1. The fraction of sp³-hybridized carbons (Fsp3) is 0.136. The molecule has 0 radical (unpaired) electrons. The van der Waals surface area contributed by atoms with E-state index in [2.05, 4.69) is 21.2 Å². The van der Waals surface area contributed by atoms with Crippen LogP contribution in [0, 0.1) is 6.92 Å². The number of methoxy groups -OCH3 is 1. The number of hydrogen-bond donors (Lipinski definition) is 1. The van der Waals surface area contributed by atoms with E-state index in [4.69, 9.17) is 4.74 Å². The molecule has 3 aromatic carbocycles. The molecule has 0 unspecified atom stereocenters. The van der Waals surface area contributed by atoms with E-state index in [1.54, 1.807) is 60.7 Å². The van der Waals surface area contributed by atoms with Crippen LogP contribution in [0.5, 0.6) is 5.75 Å². The summed E-state index contributed by atoms with van der Waals surface area (Å²) in [6, 6.07) is 20.2. The van der Waals surface area contributed by atoms with Gasteiger partial charge in [-0.2, -0.15) is 0 Å². The number of amides is 1. The number of carbonyl (C=O) groups is 1. The molecule has 0 bridgehead atoms. The maximum absolute atomic E-state index is 13.4. The third-order valence-corrected chi connectivity index (χ3v) is 6.63. The number of nitrogens with zero attached hydrogens (tertiary/aromatic N) is 1. The Morgan fingerprint density at radius 2 is 1.73 bits per heavy atom. The number of anilines is 2. The number of ether oxygens (including phenoxy) is 1. The molecule has 0 aliphatic rings. The number of sulfonamides is 1. The van der Waals surface area contributed by atoms with Gasteiger partial charge in [0.25, 0.3) is 10.0 Å². The number of aryl methyl sites for hydroxylation is 1. The van der Waals surface area contributed by atoms with E-state index in [0.717, 1.165) is 9.87 Å². The predicted molar refractivity (Wildman–Crippen MR) is 121 cm³/mol. The first-order chi connectivity index (χ1) is 14.3. The lowest BCUT2D eigenvalue weighted by molar-refractivity contribution is -0.114. The minimum absolute atomic E-state index is 0.113. The number of hydrogen-bond acceptors (Lipinski definition) is 4. The third kappa shape index (κ3) is 5.20. The molecule has 0 atom stereocenters. The zero-order valence-electron chi connectivity index (χ0n) is 16.5. The minimum Gasteiger partial charge on any atom is -0.497 e. The predicted octanol–water partition coefficient (Wildman–Crippen LogP) is 4.60. The summed E-state index contributed by atoms with van der Waals surface area (Å²) in [4.78, 5) is 12.9. The third-order valence-electron chi connectivity index (χ3n) is 4.35. The summed E-state index contributed by atoms with van der Waals surface area (Å²) >= 11 is 3.36. The van der Waals surface area contributed by atoms with Crippen molar-refractivity contribution in [2.45, 2.75) is 11.8 Å². The van der Waals surface area contributed by atoms with Crippen LogP contribution in [0.25, 0.3) is 0 Å². The van der Waals surface area contributed by atoms with Gasteiger partial charge in [0.15, 0.2) is 0 Å². The van der Waals surface area contributed by atoms with Crippen molar-refractivity contribution in [1.82, 2.24) is 0 Å². The molecule has 0 fully saturated rings. The van der Waals surface area contributed by atoms with Crippen LogP contribution in [-0.4, -0.2) is 28.0 Å². The molecule has 0 spiro atoms. The first kappa shape index (κ1) is 21.9. The van der Waals surface area contributed by atoms with Gasteiger partial charge in [0.2, 0.25) is 5.91 Å². The normalized spacial score (nSPS) is 11.0. The van der Waals surface area contributed by atoms with Crippen molar-refractivity contribution in [3.63, 3.8) is 0 Å². The highest BCUT2D eigenvalue weighted by atomic mass is 79.9. The van der Waals surface area contributed by atoms with Crippen LogP contribution in [-0.2, 0) is 14.8 Å². The van der Waals surface area contributed by atoms with Gasteiger partial charge in [0, 0.05) is 16.2 Å². The van der Waals surface area contributed by atoms with Crippen molar-refractivity contribution in [3.05, 3.63) is 82.8 Å². The first-order valence-corrected chi connectivity index (χ1v) is 11.3. The van der Waals surface area contributed by atoms with E-state index in [9.17, 15) is 13.2 Å². The molecule has 30 heavy (non-hydrogen) atoms. The van der Waals surface area contributed by atoms with E-state index in [1.165, 1.54) is 19.2 Å². The van der Waals surface area contributed by atoms with Crippen LogP contribution < -0.4 is 14.4 Å². The van der Waals surface area contributed by atoms with E-state index in [0.29, 0.717) is 21.6 Å². The Hall–Kier alpha value is -2.84. The number of halogens is 1. The molecule has 0 heterocycles. The quantitative estimate of drug-likeness (QED) is 0.527. The zero-order valence-corrected chi connectivity index (χ0v) is 18.9. The van der Waals surface area contributed by atoms with Gasteiger partial charge < -0.3 is 10.1 Å². The smallest absolute Gasteiger partial charge is 0.264 e. The second-order valence-electron chi connectivity index (χ2n) is 6.58. The molecule has 156 valence electrons. The maximum Gasteiger partial charge on any atom is 0.264 e. The van der Waals surface area contributed by atoms with Crippen LogP contribution in [0.3, 0.4) is 0 Å². The Bertz CT molecular complexity index is 1150. The monoisotopic (exact) mass is 488 g/mol. The molecule has 3 rings (SSSR count). The van der Waals surface area contributed by atoms with Gasteiger partial charge in [-0.25, -0.2) is 8.42 Å². The molecule has 0 saturated heterocycles. The summed E-state index contributed by atoms with van der Waals surface area (Å²) in [7, 11) is -2.43. The standard InChI is InChI=1S/C22H21BrN2O4S/c1-16-9-11-21(12-10-16)30(27,28)25(19-7-3-5-17(23)13-19)15-22(26)24-18-6-4-8-20(14-18)29-2/h3-14H,15H2,1-2H3,(H,24,26). The van der Waals surface area contributed by atoms with Crippen LogP contribution in [0.15, 0.2) is 82.2 Å². The average molecular weight is 489 g/mol. The van der Waals surface area contributed by atoms with E-state index in [-0.39, 0.29) is 11.4 Å². The lowest BCUT2D eigenvalue weighted by atomic mass is 10.2. The lowest BCUT2D eigenvalue weighted by Crippen LogP contribution is -2.38. The minimum atomic E-state index is -3.96. The highest BCUT2D eigenvalue weighted by molar-refractivity contribution is 9.10. The van der Waals surface area contributed by atoms with Gasteiger partial charge in [-0.05, 0) is 49.4 Å². The Morgan fingerprint density at radius 1 is 1.03 bits per heavy atom. The number of carbonyl (C=O) groups excluding carboxylic acids is 1. The van der Waals surface area contributed by atoms with Gasteiger partial charge in [-0.1, -0.05) is 45.8 Å². The van der Waals surface area contributed by atoms with Crippen molar-refractivity contribution < 1.29 is 17.9 Å².